The van der Waals surface area contributed by atoms with E-state index in [1.807, 2.05) is 38.4 Å². The van der Waals surface area contributed by atoms with Gasteiger partial charge < -0.3 is 15.1 Å². The molecule has 28 heavy (non-hydrogen) atoms. The molecule has 3 aromatic rings. The maximum absolute atomic E-state index is 12.8. The Morgan fingerprint density at radius 2 is 2.04 bits per heavy atom. The molecule has 0 aliphatic carbocycles. The van der Waals surface area contributed by atoms with Gasteiger partial charge in [0.05, 0.1) is 23.4 Å². The molecule has 0 radical (unpaired) electrons. The van der Waals surface area contributed by atoms with Crippen LogP contribution in [0.4, 0.5) is 0 Å². The summed E-state index contributed by atoms with van der Waals surface area (Å²) in [6.07, 6.45) is 3.30. The van der Waals surface area contributed by atoms with Gasteiger partial charge in [-0.2, -0.15) is 5.10 Å². The Hall–Kier alpha value is -2.09. The third kappa shape index (κ3) is 5.04. The normalized spacial score (nSPS) is 11.8. The first-order valence-corrected chi connectivity index (χ1v) is 8.95. The smallest absolute Gasteiger partial charge is 0.252 e. The van der Waals surface area contributed by atoms with Crippen LogP contribution in [0.1, 0.15) is 44.1 Å². The Bertz CT molecular complexity index is 893. The molecule has 0 unspecified atom stereocenters. The molecule has 0 bridgehead atoms. The van der Waals surface area contributed by atoms with Crippen molar-refractivity contribution in [3.8, 4) is 11.5 Å². The molecule has 1 atom stereocenters. The monoisotopic (exact) mass is 427 g/mol. The molecule has 3 rings (SSSR count). The number of pyridine rings is 1. The van der Waals surface area contributed by atoms with Gasteiger partial charge in [0.2, 0.25) is 0 Å². The third-order valence-electron chi connectivity index (χ3n) is 4.20. The second-order valence-electron chi connectivity index (χ2n) is 6.62. The van der Waals surface area contributed by atoms with E-state index in [1.54, 1.807) is 24.6 Å². The highest BCUT2D eigenvalue weighted by molar-refractivity contribution is 6.06. The number of furan rings is 1. The van der Waals surface area contributed by atoms with Gasteiger partial charge in [-0.3, -0.25) is 4.79 Å². The molecule has 0 aromatic carbocycles. The summed E-state index contributed by atoms with van der Waals surface area (Å²) in [6.45, 7) is 9.56. The SMILES string of the molecule is CCN[C@H](C)CNC(=O)c1cc(-c2ccco2)nc2c1cnn2C(C)C.Cl.Cl. The number of likely N-dealkylation sites (N-methyl/N-ethyl adjacent to an activating group) is 1. The third-order valence-corrected chi connectivity index (χ3v) is 4.20. The molecule has 0 spiro atoms. The number of hydrogen-bond donors (Lipinski definition) is 2. The van der Waals surface area contributed by atoms with E-state index in [-0.39, 0.29) is 42.8 Å². The van der Waals surface area contributed by atoms with Gasteiger partial charge in [-0.15, -0.1) is 24.8 Å². The van der Waals surface area contributed by atoms with Gasteiger partial charge in [-0.05, 0) is 45.5 Å². The maximum Gasteiger partial charge on any atom is 0.252 e. The number of halogens is 2. The minimum atomic E-state index is -0.140. The lowest BCUT2D eigenvalue weighted by Gasteiger charge is -2.14. The lowest BCUT2D eigenvalue weighted by molar-refractivity contribution is 0.0952. The van der Waals surface area contributed by atoms with Crippen LogP contribution in [0.15, 0.2) is 35.1 Å². The predicted molar refractivity (Wildman–Crippen MR) is 116 cm³/mol. The van der Waals surface area contributed by atoms with Gasteiger partial charge in [0, 0.05) is 18.6 Å². The van der Waals surface area contributed by atoms with Gasteiger partial charge in [0.15, 0.2) is 11.4 Å². The number of aromatic nitrogens is 3. The van der Waals surface area contributed by atoms with Crippen molar-refractivity contribution in [3.05, 3.63) is 36.2 Å². The van der Waals surface area contributed by atoms with Gasteiger partial charge in [-0.25, -0.2) is 9.67 Å². The molecule has 0 aliphatic heterocycles. The molecule has 7 nitrogen and oxygen atoms in total. The fraction of sp³-hybridized carbons (Fsp3) is 0.421. The topological polar surface area (TPSA) is 85.0 Å². The predicted octanol–water partition coefficient (Wildman–Crippen LogP) is 3.84. The highest BCUT2D eigenvalue weighted by Crippen LogP contribution is 2.26. The summed E-state index contributed by atoms with van der Waals surface area (Å²) in [5.41, 5.74) is 1.85. The van der Waals surface area contributed by atoms with Crippen LogP contribution in [-0.2, 0) is 0 Å². The van der Waals surface area contributed by atoms with E-state index in [4.69, 9.17) is 4.42 Å². The Kier molecular flexibility index (Phi) is 8.94. The zero-order chi connectivity index (χ0) is 18.7. The van der Waals surface area contributed by atoms with Gasteiger partial charge in [0.1, 0.15) is 5.69 Å². The summed E-state index contributed by atoms with van der Waals surface area (Å²) < 4.78 is 7.30. The summed E-state index contributed by atoms with van der Waals surface area (Å²) in [6, 6.07) is 5.74. The summed E-state index contributed by atoms with van der Waals surface area (Å²) >= 11 is 0. The lowest BCUT2D eigenvalue weighted by Crippen LogP contribution is -2.38. The summed E-state index contributed by atoms with van der Waals surface area (Å²) in [7, 11) is 0. The number of hydrogen-bond acceptors (Lipinski definition) is 5. The van der Waals surface area contributed by atoms with Gasteiger partial charge in [-0.1, -0.05) is 6.92 Å². The quantitative estimate of drug-likeness (QED) is 0.597. The minimum Gasteiger partial charge on any atom is -0.463 e. The molecule has 3 aromatic heterocycles. The maximum atomic E-state index is 12.8. The highest BCUT2D eigenvalue weighted by atomic mass is 35.5. The van der Waals surface area contributed by atoms with E-state index in [2.05, 4.69) is 20.7 Å². The standard InChI is InChI=1S/C19H25N5O2.2ClH/c1-5-20-13(4)10-21-19(25)14-9-16(17-7-6-8-26-17)23-18-15(14)11-22-24(18)12(2)3;;/h6-9,11-13,20H,5,10H2,1-4H3,(H,21,25);2*1H/t13-;;/m1../s1. The Labute approximate surface area is 177 Å². The van der Waals surface area contributed by atoms with Crippen LogP contribution in [0.2, 0.25) is 0 Å². The van der Waals surface area contributed by atoms with Crippen molar-refractivity contribution in [1.29, 1.82) is 0 Å². The number of nitrogens with zero attached hydrogens (tertiary/aromatic N) is 3. The fourth-order valence-corrected chi connectivity index (χ4v) is 2.90. The van der Waals surface area contributed by atoms with Crippen molar-refractivity contribution >= 4 is 41.8 Å². The van der Waals surface area contributed by atoms with Crippen molar-refractivity contribution in [2.75, 3.05) is 13.1 Å². The van der Waals surface area contributed by atoms with Crippen molar-refractivity contribution in [2.24, 2.45) is 0 Å². The molecule has 2 N–H and O–H groups in total. The van der Waals surface area contributed by atoms with E-state index >= 15 is 0 Å². The van der Waals surface area contributed by atoms with Crippen LogP contribution in [0.5, 0.6) is 0 Å². The highest BCUT2D eigenvalue weighted by Gasteiger charge is 2.19. The Morgan fingerprint density at radius 1 is 1.29 bits per heavy atom. The van der Waals surface area contributed by atoms with E-state index in [9.17, 15) is 4.79 Å². The second kappa shape index (κ2) is 10.5. The van der Waals surface area contributed by atoms with Crippen LogP contribution in [0.3, 0.4) is 0 Å². The van der Waals surface area contributed by atoms with Crippen LogP contribution in [0, 0.1) is 0 Å². The van der Waals surface area contributed by atoms with E-state index in [1.165, 1.54) is 0 Å². The van der Waals surface area contributed by atoms with Crippen molar-refractivity contribution in [1.82, 2.24) is 25.4 Å². The lowest BCUT2D eigenvalue weighted by atomic mass is 10.1. The van der Waals surface area contributed by atoms with Crippen LogP contribution in [-0.4, -0.2) is 39.8 Å². The molecule has 0 aliphatic rings. The van der Waals surface area contributed by atoms with Crippen molar-refractivity contribution < 1.29 is 9.21 Å². The van der Waals surface area contributed by atoms with E-state index in [0.717, 1.165) is 11.9 Å². The van der Waals surface area contributed by atoms with E-state index in [0.29, 0.717) is 29.2 Å². The fourth-order valence-electron chi connectivity index (χ4n) is 2.90. The Morgan fingerprint density at radius 3 is 2.64 bits per heavy atom. The first-order valence-electron chi connectivity index (χ1n) is 8.95. The molecule has 9 heteroatoms. The van der Waals surface area contributed by atoms with Crippen LogP contribution in [0.25, 0.3) is 22.5 Å². The van der Waals surface area contributed by atoms with E-state index < -0.39 is 0 Å². The second-order valence-corrected chi connectivity index (χ2v) is 6.62. The molecule has 0 saturated heterocycles. The number of nitrogens with one attached hydrogen (secondary N) is 2. The number of amides is 1. The molecule has 154 valence electrons. The molecule has 3 heterocycles. The molecule has 0 saturated carbocycles. The zero-order valence-corrected chi connectivity index (χ0v) is 18.1. The molecule has 1 amide bonds. The first-order chi connectivity index (χ1) is 12.5. The number of fused-ring (bicyclic) bond motifs is 1. The summed E-state index contributed by atoms with van der Waals surface area (Å²) in [5.74, 6) is 0.483. The van der Waals surface area contributed by atoms with Gasteiger partial charge in [0.25, 0.3) is 5.91 Å². The summed E-state index contributed by atoms with van der Waals surface area (Å²) in [4.78, 5) is 17.5. The van der Waals surface area contributed by atoms with Crippen LogP contribution < -0.4 is 10.6 Å². The van der Waals surface area contributed by atoms with Gasteiger partial charge >= 0.3 is 0 Å². The largest absolute Gasteiger partial charge is 0.463 e. The zero-order valence-electron chi connectivity index (χ0n) is 16.4. The van der Waals surface area contributed by atoms with Crippen molar-refractivity contribution in [2.45, 2.75) is 39.8 Å². The minimum absolute atomic E-state index is 0. The number of rotatable bonds is 7. The number of carbonyl (C=O) groups is 1. The molecule has 0 fully saturated rings. The molecular formula is C19H27Cl2N5O2. The average Bonchev–Trinajstić information content (AvgIpc) is 3.28. The van der Waals surface area contributed by atoms with Crippen molar-refractivity contribution in [3.63, 3.8) is 0 Å². The van der Waals surface area contributed by atoms with Crippen LogP contribution >= 0.6 is 24.8 Å². The molecular weight excluding hydrogens is 401 g/mol. The number of carbonyl (C=O) groups excluding carboxylic acids is 1. The summed E-state index contributed by atoms with van der Waals surface area (Å²) in [5, 5.41) is 11.4. The Balaban J connectivity index is 0.00000196. The first kappa shape index (κ1) is 23.9. The average molecular weight is 428 g/mol.